The molecule has 5 heterocycles. The van der Waals surface area contributed by atoms with Crippen LogP contribution in [-0.2, 0) is 0 Å². The predicted octanol–water partition coefficient (Wildman–Crippen LogP) is 4.48. The fourth-order valence-electron chi connectivity index (χ4n) is 5.86. The van der Waals surface area contributed by atoms with Gasteiger partial charge in [-0.15, -0.1) is 0 Å². The van der Waals surface area contributed by atoms with Crippen molar-refractivity contribution in [2.75, 3.05) is 62.3 Å². The first kappa shape index (κ1) is 25.6. The minimum atomic E-state index is 0.290. The second-order valence-electron chi connectivity index (χ2n) is 11.2. The van der Waals surface area contributed by atoms with Gasteiger partial charge in [-0.05, 0) is 68.3 Å². The second kappa shape index (κ2) is 10.8. The second-order valence-corrected chi connectivity index (χ2v) is 11.2. The quantitative estimate of drug-likeness (QED) is 0.381. The van der Waals surface area contributed by atoms with E-state index >= 15 is 0 Å². The van der Waals surface area contributed by atoms with Gasteiger partial charge in [0.2, 0.25) is 5.95 Å². The summed E-state index contributed by atoms with van der Waals surface area (Å²) in [6.07, 6.45) is 4.34. The molecule has 0 aliphatic carbocycles. The molecule has 0 unspecified atom stereocenters. The number of benzene rings is 1. The van der Waals surface area contributed by atoms with Gasteiger partial charge in [0.1, 0.15) is 11.6 Å². The molecule has 6 rings (SSSR count). The lowest BCUT2D eigenvalue weighted by Crippen LogP contribution is -2.52. The Labute approximate surface area is 230 Å². The standard InChI is InChI=1S/C30H39N9/c1-21(2)26-19-22-20-32-30(35-29(22)39(26)28-6-4-5-27(31)34-28)33-23-7-9-24(10-8-23)37-13-11-25(12-14-37)38-17-15-36(3)16-18-38/h4-10,19-21,25H,11-18H2,1-3H3,(H2,31,34)(H,32,33,35). The first-order valence-electron chi connectivity index (χ1n) is 14.1. The van der Waals surface area contributed by atoms with Gasteiger partial charge in [-0.2, -0.15) is 4.98 Å². The van der Waals surface area contributed by atoms with E-state index in [1.807, 2.05) is 18.3 Å². The van der Waals surface area contributed by atoms with Gasteiger partial charge in [0, 0.05) is 74.0 Å². The van der Waals surface area contributed by atoms with E-state index in [2.05, 4.69) is 85.8 Å². The summed E-state index contributed by atoms with van der Waals surface area (Å²) in [6.45, 7) is 11.3. The molecule has 204 valence electrons. The number of nitrogens with two attached hydrogens (primary N) is 1. The Morgan fingerprint density at radius 3 is 2.36 bits per heavy atom. The van der Waals surface area contributed by atoms with Crippen LogP contribution in [0.2, 0.25) is 0 Å². The van der Waals surface area contributed by atoms with Crippen LogP contribution in [-0.4, -0.2) is 81.7 Å². The van der Waals surface area contributed by atoms with Crippen LogP contribution < -0.4 is 16.0 Å². The minimum absolute atomic E-state index is 0.290. The maximum absolute atomic E-state index is 6.00. The lowest BCUT2D eigenvalue weighted by Gasteiger charge is -2.42. The van der Waals surface area contributed by atoms with E-state index in [0.717, 1.165) is 47.4 Å². The number of rotatable bonds is 6. The van der Waals surface area contributed by atoms with Gasteiger partial charge >= 0.3 is 0 Å². The SMILES string of the molecule is CC(C)c1cc2cnc(Nc3ccc(N4CCC(N5CCN(C)CC5)CC4)cc3)nc2n1-c1cccc(N)n1. The molecule has 9 nitrogen and oxygen atoms in total. The number of nitrogens with one attached hydrogen (secondary N) is 1. The monoisotopic (exact) mass is 525 g/mol. The Balaban J connectivity index is 1.16. The highest BCUT2D eigenvalue weighted by molar-refractivity contribution is 5.80. The zero-order valence-electron chi connectivity index (χ0n) is 23.2. The van der Waals surface area contributed by atoms with E-state index in [-0.39, 0.29) is 5.92 Å². The Morgan fingerprint density at radius 1 is 0.923 bits per heavy atom. The normalized spacial score (nSPS) is 17.8. The molecule has 2 saturated heterocycles. The maximum atomic E-state index is 6.00. The van der Waals surface area contributed by atoms with Crippen LogP contribution in [0.1, 0.15) is 38.3 Å². The van der Waals surface area contributed by atoms with Gasteiger partial charge in [-0.1, -0.05) is 19.9 Å². The smallest absolute Gasteiger partial charge is 0.229 e. The highest BCUT2D eigenvalue weighted by atomic mass is 15.3. The van der Waals surface area contributed by atoms with Crippen LogP contribution in [0, 0.1) is 0 Å². The Morgan fingerprint density at radius 2 is 1.67 bits per heavy atom. The number of anilines is 4. The molecular weight excluding hydrogens is 486 g/mol. The summed E-state index contributed by atoms with van der Waals surface area (Å²) in [7, 11) is 2.22. The molecule has 0 bridgehead atoms. The lowest BCUT2D eigenvalue weighted by atomic mass is 10.0. The van der Waals surface area contributed by atoms with Crippen LogP contribution in [0.5, 0.6) is 0 Å². The van der Waals surface area contributed by atoms with Gasteiger partial charge in [0.25, 0.3) is 0 Å². The number of aromatic nitrogens is 4. The molecule has 2 aliphatic rings. The van der Waals surface area contributed by atoms with Crippen molar-refractivity contribution >= 4 is 34.2 Å². The van der Waals surface area contributed by atoms with Crippen molar-refractivity contribution in [2.24, 2.45) is 0 Å². The fourth-order valence-corrected chi connectivity index (χ4v) is 5.86. The molecule has 0 spiro atoms. The van der Waals surface area contributed by atoms with Crippen LogP contribution in [0.25, 0.3) is 16.9 Å². The molecule has 9 heteroatoms. The van der Waals surface area contributed by atoms with E-state index in [9.17, 15) is 0 Å². The zero-order chi connectivity index (χ0) is 26.9. The first-order valence-corrected chi connectivity index (χ1v) is 14.1. The summed E-state index contributed by atoms with van der Waals surface area (Å²) in [4.78, 5) is 21.7. The van der Waals surface area contributed by atoms with Crippen molar-refractivity contribution in [3.63, 3.8) is 0 Å². The number of hydrogen-bond acceptors (Lipinski definition) is 8. The first-order chi connectivity index (χ1) is 18.9. The van der Waals surface area contributed by atoms with E-state index in [1.54, 1.807) is 6.07 Å². The third-order valence-electron chi connectivity index (χ3n) is 8.15. The molecule has 0 amide bonds. The van der Waals surface area contributed by atoms with Crippen molar-refractivity contribution in [1.82, 2.24) is 29.3 Å². The summed E-state index contributed by atoms with van der Waals surface area (Å²) in [5.41, 5.74) is 10.2. The maximum Gasteiger partial charge on any atom is 0.229 e. The van der Waals surface area contributed by atoms with Gasteiger partial charge in [0.05, 0.1) is 0 Å². The molecule has 4 aromatic rings. The molecule has 3 aromatic heterocycles. The van der Waals surface area contributed by atoms with Crippen LogP contribution in [0.4, 0.5) is 23.1 Å². The highest BCUT2D eigenvalue weighted by Crippen LogP contribution is 2.29. The average Bonchev–Trinajstić information content (AvgIpc) is 3.33. The van der Waals surface area contributed by atoms with Crippen molar-refractivity contribution in [2.45, 2.75) is 38.6 Å². The van der Waals surface area contributed by atoms with Gasteiger partial charge in [0.15, 0.2) is 5.65 Å². The number of pyridine rings is 1. The van der Waals surface area contributed by atoms with Gasteiger partial charge < -0.3 is 20.9 Å². The number of nitrogens with zero attached hydrogens (tertiary/aromatic N) is 7. The number of hydrogen-bond donors (Lipinski definition) is 2. The summed E-state index contributed by atoms with van der Waals surface area (Å²) >= 11 is 0. The number of fused-ring (bicyclic) bond motifs is 1. The third-order valence-corrected chi connectivity index (χ3v) is 8.15. The van der Waals surface area contributed by atoms with E-state index in [4.69, 9.17) is 10.7 Å². The topological polar surface area (TPSA) is 91.4 Å². The number of piperidine rings is 1. The number of nitrogen functional groups attached to an aromatic ring is 1. The molecular formula is C30H39N9. The van der Waals surface area contributed by atoms with Crippen molar-refractivity contribution < 1.29 is 0 Å². The summed E-state index contributed by atoms with van der Waals surface area (Å²) in [6, 6.07) is 17.2. The van der Waals surface area contributed by atoms with Gasteiger partial charge in [-0.25, -0.2) is 9.97 Å². The molecule has 3 N–H and O–H groups in total. The van der Waals surface area contributed by atoms with Crippen LogP contribution in [0.3, 0.4) is 0 Å². The molecule has 0 radical (unpaired) electrons. The third kappa shape index (κ3) is 5.42. The van der Waals surface area contributed by atoms with Crippen LogP contribution in [0.15, 0.2) is 54.7 Å². The zero-order valence-corrected chi connectivity index (χ0v) is 23.2. The molecule has 0 atom stereocenters. The van der Waals surface area contributed by atoms with Crippen molar-refractivity contribution in [3.05, 3.63) is 60.4 Å². The summed E-state index contributed by atoms with van der Waals surface area (Å²) < 4.78 is 2.08. The Bertz CT molecular complexity index is 1410. The predicted molar refractivity (Wildman–Crippen MR) is 159 cm³/mol. The van der Waals surface area contributed by atoms with E-state index in [0.29, 0.717) is 11.8 Å². The molecule has 0 saturated carbocycles. The molecule has 2 aliphatic heterocycles. The largest absolute Gasteiger partial charge is 0.384 e. The van der Waals surface area contributed by atoms with E-state index < -0.39 is 0 Å². The highest BCUT2D eigenvalue weighted by Gasteiger charge is 2.26. The van der Waals surface area contributed by atoms with E-state index in [1.165, 1.54) is 44.7 Å². The Hall–Kier alpha value is -3.69. The summed E-state index contributed by atoms with van der Waals surface area (Å²) in [5, 5.41) is 4.37. The fraction of sp³-hybridized carbons (Fsp3) is 0.433. The molecule has 39 heavy (non-hydrogen) atoms. The van der Waals surface area contributed by atoms with Gasteiger partial charge in [-0.3, -0.25) is 9.47 Å². The summed E-state index contributed by atoms with van der Waals surface area (Å²) in [5.74, 6) is 2.10. The molecule has 2 fully saturated rings. The lowest BCUT2D eigenvalue weighted by molar-refractivity contribution is 0.0982. The van der Waals surface area contributed by atoms with Crippen LogP contribution >= 0.6 is 0 Å². The number of piperazine rings is 1. The van der Waals surface area contributed by atoms with Crippen molar-refractivity contribution in [3.8, 4) is 5.82 Å². The van der Waals surface area contributed by atoms with Crippen molar-refractivity contribution in [1.29, 1.82) is 0 Å². The Kier molecular flexibility index (Phi) is 7.10. The average molecular weight is 526 g/mol. The molecule has 1 aromatic carbocycles. The minimum Gasteiger partial charge on any atom is -0.384 e. The number of likely N-dealkylation sites (N-methyl/N-ethyl adjacent to an activating group) is 1.